The first-order chi connectivity index (χ1) is 19.2. The second-order valence-corrected chi connectivity index (χ2v) is 8.78. The minimum atomic E-state index is -0.441. The van der Waals surface area contributed by atoms with E-state index in [1.807, 2.05) is 30.5 Å². The fourth-order valence-electron chi connectivity index (χ4n) is 4.15. The Labute approximate surface area is 225 Å². The monoisotopic (exact) mass is 521 g/mol. The van der Waals surface area contributed by atoms with E-state index in [2.05, 4.69) is 68.5 Å². The first-order valence-corrected chi connectivity index (χ1v) is 12.8. The van der Waals surface area contributed by atoms with E-state index in [1.54, 1.807) is 23.0 Å². The molecule has 196 valence electrons. The van der Waals surface area contributed by atoms with Gasteiger partial charge in [0.1, 0.15) is 11.2 Å². The molecule has 1 aromatic carbocycles. The molecular formula is C30H28FN7O. The summed E-state index contributed by atoms with van der Waals surface area (Å²) in [6.07, 6.45) is 12.6. The average Bonchev–Trinajstić information content (AvgIpc) is 3.66. The van der Waals surface area contributed by atoms with Gasteiger partial charge in [-0.05, 0) is 48.2 Å². The lowest BCUT2D eigenvalue weighted by Crippen LogP contribution is -2.05. The third kappa shape index (κ3) is 5.98. The number of pyridine rings is 2. The van der Waals surface area contributed by atoms with E-state index in [0.717, 1.165) is 35.2 Å². The van der Waals surface area contributed by atoms with Gasteiger partial charge in [-0.2, -0.15) is 0 Å². The van der Waals surface area contributed by atoms with Crippen LogP contribution in [-0.2, 0) is 12.8 Å². The zero-order valence-corrected chi connectivity index (χ0v) is 21.8. The van der Waals surface area contributed by atoms with Gasteiger partial charge in [-0.1, -0.05) is 50.6 Å². The van der Waals surface area contributed by atoms with E-state index >= 15 is 0 Å². The summed E-state index contributed by atoms with van der Waals surface area (Å²) < 4.78 is 21.0. The Hall–Kier alpha value is -4.92. The van der Waals surface area contributed by atoms with Gasteiger partial charge in [0.25, 0.3) is 0 Å². The van der Waals surface area contributed by atoms with E-state index in [-0.39, 0.29) is 0 Å². The summed E-state index contributed by atoms with van der Waals surface area (Å²) in [5, 5.41) is 7.61. The molecule has 5 heterocycles. The van der Waals surface area contributed by atoms with Crippen molar-refractivity contribution in [2.24, 2.45) is 0 Å². The van der Waals surface area contributed by atoms with Gasteiger partial charge in [0.05, 0.1) is 18.1 Å². The minimum absolute atomic E-state index is 0.311. The van der Waals surface area contributed by atoms with Crippen LogP contribution in [0, 0.1) is 5.82 Å². The number of rotatable bonds is 7. The molecule has 0 spiro atoms. The molecule has 1 N–H and O–H groups in total. The van der Waals surface area contributed by atoms with E-state index in [4.69, 9.17) is 4.42 Å². The van der Waals surface area contributed by atoms with E-state index in [1.165, 1.54) is 30.8 Å². The molecule has 39 heavy (non-hydrogen) atoms. The third-order valence-corrected chi connectivity index (χ3v) is 6.10. The van der Waals surface area contributed by atoms with Crippen molar-refractivity contribution in [2.75, 3.05) is 5.32 Å². The molecule has 8 nitrogen and oxygen atoms in total. The van der Waals surface area contributed by atoms with Crippen LogP contribution >= 0.6 is 0 Å². The van der Waals surface area contributed by atoms with Crippen molar-refractivity contribution >= 4 is 17.0 Å². The Balaban J connectivity index is 0.000000186. The normalized spacial score (nSPS) is 10.7. The van der Waals surface area contributed by atoms with Crippen molar-refractivity contribution in [2.45, 2.75) is 33.1 Å². The Morgan fingerprint density at radius 3 is 2.51 bits per heavy atom. The van der Waals surface area contributed by atoms with Gasteiger partial charge in [0, 0.05) is 24.2 Å². The second-order valence-electron chi connectivity index (χ2n) is 8.78. The molecule has 0 saturated carbocycles. The van der Waals surface area contributed by atoms with Crippen LogP contribution in [0.25, 0.3) is 28.4 Å². The lowest BCUT2D eigenvalue weighted by atomic mass is 10.1. The number of hydrogen-bond donors (Lipinski definition) is 1. The number of fused-ring (bicyclic) bond motifs is 1. The van der Waals surface area contributed by atoms with Gasteiger partial charge < -0.3 is 9.73 Å². The molecule has 0 fully saturated rings. The van der Waals surface area contributed by atoms with E-state index < -0.39 is 5.82 Å². The molecule has 0 aliphatic heterocycles. The average molecular weight is 522 g/mol. The maximum absolute atomic E-state index is 14.0. The largest absolute Gasteiger partial charge is 0.444 e. The number of oxazole rings is 1. The summed E-state index contributed by atoms with van der Waals surface area (Å²) in [6, 6.07) is 17.5. The zero-order valence-electron chi connectivity index (χ0n) is 21.8. The number of anilines is 2. The van der Waals surface area contributed by atoms with Crippen LogP contribution in [-0.4, -0.2) is 29.5 Å². The number of aromatic nitrogens is 6. The van der Waals surface area contributed by atoms with Crippen molar-refractivity contribution in [3.05, 3.63) is 109 Å². The number of halogens is 1. The van der Waals surface area contributed by atoms with Gasteiger partial charge in [-0.3, -0.25) is 9.97 Å². The molecule has 0 amide bonds. The number of hydrogen-bond acceptors (Lipinski definition) is 7. The van der Waals surface area contributed by atoms with Crippen LogP contribution in [0.5, 0.6) is 0 Å². The minimum Gasteiger partial charge on any atom is -0.444 e. The predicted molar refractivity (Wildman–Crippen MR) is 149 cm³/mol. The van der Waals surface area contributed by atoms with Gasteiger partial charge >= 0.3 is 0 Å². The van der Waals surface area contributed by atoms with Crippen LogP contribution in [0.2, 0.25) is 0 Å². The first-order valence-electron chi connectivity index (χ1n) is 12.8. The van der Waals surface area contributed by atoms with Crippen LogP contribution < -0.4 is 5.32 Å². The maximum atomic E-state index is 14.0. The Morgan fingerprint density at radius 2 is 1.82 bits per heavy atom. The van der Waals surface area contributed by atoms with Crippen molar-refractivity contribution < 1.29 is 8.81 Å². The highest BCUT2D eigenvalue weighted by Gasteiger charge is 2.15. The lowest BCUT2D eigenvalue weighted by Gasteiger charge is -2.11. The van der Waals surface area contributed by atoms with Gasteiger partial charge in [-0.15, -0.1) is 5.10 Å². The summed E-state index contributed by atoms with van der Waals surface area (Å²) in [4.78, 5) is 16.6. The molecule has 0 radical (unpaired) electrons. The summed E-state index contributed by atoms with van der Waals surface area (Å²) in [5.74, 6) is 1.38. The van der Waals surface area contributed by atoms with E-state index in [0.29, 0.717) is 23.0 Å². The highest BCUT2D eigenvalue weighted by molar-refractivity contribution is 5.78. The standard InChI is InChI=1S/C18H15FN6.C12H13NO/c1-2-12-7-10-25-16(12)18(22-14-6-9-20-11-13(14)19)23-17(24-25)15-5-3-4-8-21-15;1-2-3-10-4-6-11(7-5-10)12-8-13-9-14-12/h3-11H,2H2,1H3,(H,20,22,23,24);4-9H,2-3H2,1H3. The van der Waals surface area contributed by atoms with Crippen molar-refractivity contribution in [1.29, 1.82) is 0 Å². The van der Waals surface area contributed by atoms with Gasteiger partial charge in [0.2, 0.25) is 5.82 Å². The highest BCUT2D eigenvalue weighted by atomic mass is 19.1. The summed E-state index contributed by atoms with van der Waals surface area (Å²) in [5.41, 5.74) is 5.31. The molecular weight excluding hydrogens is 493 g/mol. The first kappa shape index (κ1) is 25.7. The molecule has 0 unspecified atom stereocenters. The summed E-state index contributed by atoms with van der Waals surface area (Å²) in [7, 11) is 0. The number of nitrogens with one attached hydrogen (secondary N) is 1. The maximum Gasteiger partial charge on any atom is 0.200 e. The van der Waals surface area contributed by atoms with Gasteiger partial charge in [-0.25, -0.2) is 18.9 Å². The van der Waals surface area contributed by atoms with Crippen molar-refractivity contribution in [1.82, 2.24) is 29.5 Å². The van der Waals surface area contributed by atoms with Crippen LogP contribution in [0.1, 0.15) is 31.4 Å². The summed E-state index contributed by atoms with van der Waals surface area (Å²) in [6.45, 7) is 4.24. The lowest BCUT2D eigenvalue weighted by molar-refractivity contribution is 0.572. The molecule has 0 atom stereocenters. The number of nitrogens with zero attached hydrogens (tertiary/aromatic N) is 6. The van der Waals surface area contributed by atoms with Crippen molar-refractivity contribution in [3.8, 4) is 22.8 Å². The molecule has 5 aromatic heterocycles. The zero-order chi connectivity index (χ0) is 27.0. The van der Waals surface area contributed by atoms with Crippen LogP contribution in [0.4, 0.5) is 15.9 Å². The summed E-state index contributed by atoms with van der Waals surface area (Å²) >= 11 is 0. The molecule has 6 aromatic rings. The SMILES string of the molecule is CCCc1ccc(-c2cnco2)cc1.CCc1ccn2nc(-c3ccccn3)nc(Nc3ccncc3F)c12. The number of benzene rings is 1. The third-order valence-electron chi connectivity index (χ3n) is 6.10. The fourth-order valence-corrected chi connectivity index (χ4v) is 4.15. The predicted octanol–water partition coefficient (Wildman–Crippen LogP) is 6.93. The Bertz CT molecular complexity index is 1630. The second kappa shape index (κ2) is 12.1. The molecule has 0 aliphatic carbocycles. The molecule has 0 aliphatic rings. The molecule has 0 bridgehead atoms. The van der Waals surface area contributed by atoms with E-state index in [9.17, 15) is 4.39 Å². The van der Waals surface area contributed by atoms with Crippen LogP contribution in [0.3, 0.4) is 0 Å². The molecule has 9 heteroatoms. The highest BCUT2D eigenvalue weighted by Crippen LogP contribution is 2.27. The fraction of sp³-hybridized carbons (Fsp3) is 0.167. The Kier molecular flexibility index (Phi) is 7.97. The van der Waals surface area contributed by atoms with Crippen molar-refractivity contribution in [3.63, 3.8) is 0 Å². The van der Waals surface area contributed by atoms with Crippen LogP contribution in [0.15, 0.2) is 96.4 Å². The topological polar surface area (TPSA) is 94.0 Å². The molecule has 6 rings (SSSR count). The van der Waals surface area contributed by atoms with Gasteiger partial charge in [0.15, 0.2) is 23.8 Å². The quantitative estimate of drug-likeness (QED) is 0.243. The number of aryl methyl sites for hydroxylation is 2. The Morgan fingerprint density at radius 1 is 0.949 bits per heavy atom. The molecule has 0 saturated heterocycles. The smallest absolute Gasteiger partial charge is 0.200 e.